The summed E-state index contributed by atoms with van der Waals surface area (Å²) in [6, 6.07) is 15.1. The van der Waals surface area contributed by atoms with E-state index in [0.29, 0.717) is 16.9 Å². The van der Waals surface area contributed by atoms with Gasteiger partial charge in [0.05, 0.1) is 13.7 Å². The van der Waals surface area contributed by atoms with Crippen molar-refractivity contribution in [2.45, 2.75) is 6.04 Å². The van der Waals surface area contributed by atoms with Crippen molar-refractivity contribution in [3.05, 3.63) is 72.1 Å². The van der Waals surface area contributed by atoms with Crippen LogP contribution in [0.5, 0.6) is 5.75 Å². The molecule has 0 aliphatic rings. The SMILES string of the molecule is COc1ccc(C(=O)CNC(=O)[C@H](c2ccccc2)n2cnnn2)cc1. The number of nitrogens with one attached hydrogen (secondary N) is 1. The zero-order valence-corrected chi connectivity index (χ0v) is 14.1. The van der Waals surface area contributed by atoms with Crippen molar-refractivity contribution in [1.82, 2.24) is 25.5 Å². The number of ether oxygens (including phenoxy) is 1. The lowest BCUT2D eigenvalue weighted by molar-refractivity contribution is -0.123. The first-order valence-corrected chi connectivity index (χ1v) is 7.91. The van der Waals surface area contributed by atoms with Gasteiger partial charge in [0.15, 0.2) is 11.8 Å². The summed E-state index contributed by atoms with van der Waals surface area (Å²) in [6.45, 7) is -0.128. The van der Waals surface area contributed by atoms with Crippen LogP contribution >= 0.6 is 0 Å². The Kier molecular flexibility index (Phi) is 5.33. The molecule has 0 bridgehead atoms. The maximum atomic E-state index is 12.7. The van der Waals surface area contributed by atoms with Crippen LogP contribution in [0, 0.1) is 0 Å². The van der Waals surface area contributed by atoms with Gasteiger partial charge in [-0.3, -0.25) is 9.59 Å². The average molecular weight is 351 g/mol. The molecule has 0 unspecified atom stereocenters. The van der Waals surface area contributed by atoms with Gasteiger partial charge >= 0.3 is 0 Å². The number of Topliss-reactive ketones (excluding diaryl/α,β-unsaturated/α-hetero) is 1. The van der Waals surface area contributed by atoms with Crippen LogP contribution in [0.15, 0.2) is 60.9 Å². The second-order valence-electron chi connectivity index (χ2n) is 5.47. The van der Waals surface area contributed by atoms with Crippen molar-refractivity contribution in [3.8, 4) is 5.75 Å². The number of hydrogen-bond acceptors (Lipinski definition) is 6. The first-order valence-electron chi connectivity index (χ1n) is 7.91. The number of amides is 1. The van der Waals surface area contributed by atoms with Crippen LogP contribution in [0.2, 0.25) is 0 Å². The van der Waals surface area contributed by atoms with Crippen molar-refractivity contribution in [1.29, 1.82) is 0 Å². The van der Waals surface area contributed by atoms with Crippen molar-refractivity contribution < 1.29 is 14.3 Å². The minimum Gasteiger partial charge on any atom is -0.497 e. The van der Waals surface area contributed by atoms with E-state index in [1.54, 1.807) is 43.5 Å². The van der Waals surface area contributed by atoms with Crippen molar-refractivity contribution in [3.63, 3.8) is 0 Å². The highest BCUT2D eigenvalue weighted by molar-refractivity contribution is 6.00. The van der Waals surface area contributed by atoms with Crippen molar-refractivity contribution in [2.24, 2.45) is 0 Å². The number of tetrazole rings is 1. The first-order chi connectivity index (χ1) is 12.7. The molecule has 0 aliphatic carbocycles. The Morgan fingerprint density at radius 3 is 2.46 bits per heavy atom. The summed E-state index contributed by atoms with van der Waals surface area (Å²) >= 11 is 0. The predicted molar refractivity (Wildman–Crippen MR) is 92.7 cm³/mol. The maximum absolute atomic E-state index is 12.7. The van der Waals surface area contributed by atoms with Crippen molar-refractivity contribution >= 4 is 11.7 Å². The Hall–Kier alpha value is -3.55. The molecule has 0 radical (unpaired) electrons. The third-order valence-electron chi connectivity index (χ3n) is 3.83. The smallest absolute Gasteiger partial charge is 0.249 e. The molecule has 0 spiro atoms. The van der Waals surface area contributed by atoms with Gasteiger partial charge in [0.1, 0.15) is 12.1 Å². The molecule has 0 saturated heterocycles. The van der Waals surface area contributed by atoms with Gasteiger partial charge in [-0.25, -0.2) is 4.68 Å². The lowest BCUT2D eigenvalue weighted by Gasteiger charge is -2.16. The summed E-state index contributed by atoms with van der Waals surface area (Å²) in [5.41, 5.74) is 1.21. The van der Waals surface area contributed by atoms with E-state index >= 15 is 0 Å². The second kappa shape index (κ2) is 8.02. The van der Waals surface area contributed by atoms with Crippen LogP contribution < -0.4 is 10.1 Å². The zero-order valence-electron chi connectivity index (χ0n) is 14.1. The van der Waals surface area contributed by atoms with E-state index in [0.717, 1.165) is 0 Å². The van der Waals surface area contributed by atoms with Gasteiger partial charge in [-0.05, 0) is 40.3 Å². The summed E-state index contributed by atoms with van der Waals surface area (Å²) in [5.74, 6) is 0.0864. The van der Waals surface area contributed by atoms with Gasteiger partial charge in [-0.1, -0.05) is 30.3 Å². The fraction of sp³-hybridized carbons (Fsp3) is 0.167. The molecule has 3 aromatic rings. The number of rotatable bonds is 7. The fourth-order valence-electron chi connectivity index (χ4n) is 2.49. The van der Waals surface area contributed by atoms with E-state index in [4.69, 9.17) is 4.74 Å². The molecule has 1 N–H and O–H groups in total. The maximum Gasteiger partial charge on any atom is 0.249 e. The average Bonchev–Trinajstić information content (AvgIpc) is 3.21. The van der Waals surface area contributed by atoms with Gasteiger partial charge in [0.25, 0.3) is 0 Å². The topological polar surface area (TPSA) is 99.0 Å². The minimum atomic E-state index is -0.755. The van der Waals surface area contributed by atoms with Crippen LogP contribution in [0.3, 0.4) is 0 Å². The van der Waals surface area contributed by atoms with Gasteiger partial charge in [-0.2, -0.15) is 0 Å². The van der Waals surface area contributed by atoms with Gasteiger partial charge < -0.3 is 10.1 Å². The molecule has 8 nitrogen and oxygen atoms in total. The molecule has 8 heteroatoms. The number of carbonyl (C=O) groups excluding carboxylic acids is 2. The van der Waals surface area contributed by atoms with E-state index in [9.17, 15) is 9.59 Å². The molecule has 0 aliphatic heterocycles. The fourth-order valence-corrected chi connectivity index (χ4v) is 2.49. The Morgan fingerprint density at radius 1 is 1.12 bits per heavy atom. The molecular weight excluding hydrogens is 334 g/mol. The normalized spacial score (nSPS) is 11.6. The number of ketones is 1. The van der Waals surface area contributed by atoms with E-state index in [1.807, 2.05) is 18.2 Å². The van der Waals surface area contributed by atoms with Gasteiger partial charge in [0, 0.05) is 5.56 Å². The Bertz CT molecular complexity index is 864. The number of methoxy groups -OCH3 is 1. The number of hydrogen-bond donors (Lipinski definition) is 1. The van der Waals surface area contributed by atoms with E-state index < -0.39 is 6.04 Å². The monoisotopic (exact) mass is 351 g/mol. The number of carbonyl (C=O) groups is 2. The molecule has 1 heterocycles. The molecule has 132 valence electrons. The highest BCUT2D eigenvalue weighted by Crippen LogP contribution is 2.17. The summed E-state index contributed by atoms with van der Waals surface area (Å²) in [5, 5.41) is 13.6. The number of aromatic nitrogens is 4. The van der Waals surface area contributed by atoms with Gasteiger partial charge in [-0.15, -0.1) is 5.10 Å². The zero-order chi connectivity index (χ0) is 18.4. The van der Waals surface area contributed by atoms with E-state index in [2.05, 4.69) is 20.8 Å². The van der Waals surface area contributed by atoms with Crippen molar-refractivity contribution in [2.75, 3.05) is 13.7 Å². The molecule has 0 fully saturated rings. The molecule has 1 amide bonds. The first kappa shape index (κ1) is 17.3. The Balaban J connectivity index is 1.71. The highest BCUT2D eigenvalue weighted by Gasteiger charge is 2.24. The molecule has 1 aromatic heterocycles. The lowest BCUT2D eigenvalue weighted by Crippen LogP contribution is -2.36. The molecule has 2 aromatic carbocycles. The Labute approximate surface area is 149 Å². The summed E-state index contributed by atoms with van der Waals surface area (Å²) < 4.78 is 6.42. The van der Waals surface area contributed by atoms with Gasteiger partial charge in [0.2, 0.25) is 5.91 Å². The van der Waals surface area contributed by atoms with Crippen LogP contribution in [-0.4, -0.2) is 45.6 Å². The lowest BCUT2D eigenvalue weighted by atomic mass is 10.1. The summed E-state index contributed by atoms with van der Waals surface area (Å²) in [4.78, 5) is 25.0. The molecule has 26 heavy (non-hydrogen) atoms. The number of nitrogens with zero attached hydrogens (tertiary/aromatic N) is 4. The van der Waals surface area contributed by atoms with Crippen LogP contribution in [0.25, 0.3) is 0 Å². The van der Waals surface area contributed by atoms with E-state index in [-0.39, 0.29) is 18.2 Å². The van der Waals surface area contributed by atoms with E-state index in [1.165, 1.54) is 11.0 Å². The third-order valence-corrected chi connectivity index (χ3v) is 3.83. The second-order valence-corrected chi connectivity index (χ2v) is 5.47. The van der Waals surface area contributed by atoms with Crippen LogP contribution in [0.4, 0.5) is 0 Å². The highest BCUT2D eigenvalue weighted by atomic mass is 16.5. The molecule has 3 rings (SSSR count). The third kappa shape index (κ3) is 3.92. The molecular formula is C18H17N5O3. The quantitative estimate of drug-likeness (QED) is 0.644. The summed E-state index contributed by atoms with van der Waals surface area (Å²) in [7, 11) is 1.56. The number of benzene rings is 2. The summed E-state index contributed by atoms with van der Waals surface area (Å²) in [6.07, 6.45) is 1.36. The predicted octanol–water partition coefficient (Wildman–Crippen LogP) is 1.27. The Morgan fingerprint density at radius 2 is 1.85 bits per heavy atom. The largest absolute Gasteiger partial charge is 0.497 e. The molecule has 1 atom stereocenters. The minimum absolute atomic E-state index is 0.128. The standard InChI is InChI=1S/C18H17N5O3/c1-26-15-9-7-13(8-10-15)16(24)11-19-18(25)17(23-12-20-21-22-23)14-5-3-2-4-6-14/h2-10,12,17H,11H2,1H3,(H,19,25)/t17-/m0/s1. The van der Waals surface area contributed by atoms with Crippen LogP contribution in [-0.2, 0) is 4.79 Å². The molecule has 0 saturated carbocycles. The van der Waals surface area contributed by atoms with Crippen LogP contribution in [0.1, 0.15) is 22.0 Å².